The van der Waals surface area contributed by atoms with E-state index in [1.165, 1.54) is 24.3 Å². The van der Waals surface area contributed by atoms with Crippen molar-refractivity contribution in [2.24, 2.45) is 5.73 Å². The Labute approximate surface area is 150 Å². The van der Waals surface area contributed by atoms with E-state index in [1.807, 2.05) is 0 Å². The smallest absolute Gasteiger partial charge is 0.268 e. The lowest BCUT2D eigenvalue weighted by Crippen LogP contribution is -2.65. The van der Waals surface area contributed by atoms with Crippen molar-refractivity contribution in [2.75, 3.05) is 19.8 Å². The molecule has 9 nitrogen and oxygen atoms in total. The normalized spacial score (nSPS) is 21.3. The molecule has 0 spiro atoms. The highest BCUT2D eigenvalue weighted by Crippen LogP contribution is 2.28. The van der Waals surface area contributed by atoms with Crippen LogP contribution in [-0.2, 0) is 19.6 Å². The van der Waals surface area contributed by atoms with Gasteiger partial charge in [0.15, 0.2) is 0 Å². The zero-order valence-corrected chi connectivity index (χ0v) is 14.4. The first kappa shape index (κ1) is 18.3. The summed E-state index contributed by atoms with van der Waals surface area (Å²) >= 11 is 0. The number of hydrogen-bond donors (Lipinski definition) is 2. The van der Waals surface area contributed by atoms with Gasteiger partial charge in [0.1, 0.15) is 11.5 Å². The van der Waals surface area contributed by atoms with E-state index in [4.69, 9.17) is 15.2 Å². The lowest BCUT2D eigenvalue weighted by atomic mass is 10.2. The monoisotopic (exact) mass is 379 g/mol. The van der Waals surface area contributed by atoms with E-state index in [2.05, 4.69) is 4.98 Å². The Morgan fingerprint density at radius 2 is 1.81 bits per heavy atom. The van der Waals surface area contributed by atoms with Crippen molar-refractivity contribution in [3.05, 3.63) is 48.8 Å². The molecule has 2 heterocycles. The van der Waals surface area contributed by atoms with Gasteiger partial charge in [-0.05, 0) is 36.4 Å². The minimum atomic E-state index is -4.17. The van der Waals surface area contributed by atoms with Gasteiger partial charge in [-0.25, -0.2) is 8.42 Å². The van der Waals surface area contributed by atoms with Crippen LogP contribution in [0.1, 0.15) is 0 Å². The molecule has 3 rings (SSSR count). The number of morpholine rings is 1. The van der Waals surface area contributed by atoms with Gasteiger partial charge in [-0.2, -0.15) is 4.31 Å². The lowest BCUT2D eigenvalue weighted by molar-refractivity contribution is -0.175. The van der Waals surface area contributed by atoms with Crippen molar-refractivity contribution in [1.82, 2.24) is 9.29 Å². The summed E-state index contributed by atoms with van der Waals surface area (Å²) in [5.41, 5.74) is 2.75. The molecule has 1 aliphatic heterocycles. The predicted molar refractivity (Wildman–Crippen MR) is 89.6 cm³/mol. The van der Waals surface area contributed by atoms with Crippen LogP contribution >= 0.6 is 0 Å². The fraction of sp³-hybridized carbons (Fsp3) is 0.250. The second kappa shape index (κ2) is 7.00. The minimum Gasteiger partial charge on any atom is -0.457 e. The lowest BCUT2D eigenvalue weighted by Gasteiger charge is -2.39. The number of hydrogen-bond acceptors (Lipinski definition) is 7. The van der Waals surface area contributed by atoms with Gasteiger partial charge in [0.2, 0.25) is 15.7 Å². The van der Waals surface area contributed by atoms with Crippen LogP contribution in [0.5, 0.6) is 11.5 Å². The van der Waals surface area contributed by atoms with E-state index < -0.39 is 28.3 Å². The summed E-state index contributed by atoms with van der Waals surface area (Å²) in [6.45, 7) is -0.681. The number of aliphatic hydroxyl groups is 1. The summed E-state index contributed by atoms with van der Waals surface area (Å²) < 4.78 is 36.9. The Bertz CT molecular complexity index is 888. The number of primary amides is 1. The molecule has 3 N–H and O–H groups in total. The van der Waals surface area contributed by atoms with Crippen molar-refractivity contribution >= 4 is 15.9 Å². The third-order valence-corrected chi connectivity index (χ3v) is 5.78. The third-order valence-electron chi connectivity index (χ3n) is 3.85. The molecule has 1 aromatic heterocycles. The van der Waals surface area contributed by atoms with E-state index in [0.717, 1.165) is 0 Å². The molecule has 0 radical (unpaired) electrons. The van der Waals surface area contributed by atoms with E-state index in [1.54, 1.807) is 24.5 Å². The van der Waals surface area contributed by atoms with Gasteiger partial charge in [-0.1, -0.05) is 0 Å². The first-order valence-corrected chi connectivity index (χ1v) is 9.09. The molecular formula is C16H17N3O6S. The van der Waals surface area contributed by atoms with E-state index in [0.29, 0.717) is 15.8 Å². The van der Waals surface area contributed by atoms with Crippen LogP contribution in [0.2, 0.25) is 0 Å². The van der Waals surface area contributed by atoms with Crippen LogP contribution in [0, 0.1) is 0 Å². The summed E-state index contributed by atoms with van der Waals surface area (Å²) in [5.74, 6) is -0.229. The van der Waals surface area contributed by atoms with Crippen LogP contribution in [-0.4, -0.2) is 54.2 Å². The molecule has 1 unspecified atom stereocenters. The quantitative estimate of drug-likeness (QED) is 0.751. The maximum absolute atomic E-state index is 12.8. The van der Waals surface area contributed by atoms with E-state index >= 15 is 0 Å². The summed E-state index contributed by atoms with van der Waals surface area (Å²) in [6, 6.07) is 8.90. The summed E-state index contributed by atoms with van der Waals surface area (Å²) in [6.07, 6.45) is 3.13. The Morgan fingerprint density at radius 3 is 2.42 bits per heavy atom. The van der Waals surface area contributed by atoms with Crippen molar-refractivity contribution in [2.45, 2.75) is 10.6 Å². The topological polar surface area (TPSA) is 132 Å². The standard InChI is InChI=1S/C16H17N3O6S/c17-15(20)16(21)11-24-10-9-19(16)26(22,23)14-3-1-12(2-4-14)25-13-5-7-18-8-6-13/h1-8,21H,9-11H2,(H2,17,20). The van der Waals surface area contributed by atoms with Crippen molar-refractivity contribution in [3.63, 3.8) is 0 Å². The van der Waals surface area contributed by atoms with Gasteiger partial charge in [-0.3, -0.25) is 9.78 Å². The Kier molecular flexibility index (Phi) is 4.92. The fourth-order valence-corrected chi connectivity index (χ4v) is 4.07. The van der Waals surface area contributed by atoms with Crippen molar-refractivity contribution in [3.8, 4) is 11.5 Å². The maximum atomic E-state index is 12.8. The molecule has 1 aliphatic rings. The molecule has 1 amide bonds. The summed E-state index contributed by atoms with van der Waals surface area (Å²) in [5, 5.41) is 10.4. The molecule has 0 bridgehead atoms. The number of carbonyl (C=O) groups excluding carboxylic acids is 1. The number of carbonyl (C=O) groups is 1. The molecule has 10 heteroatoms. The minimum absolute atomic E-state index is 0.0397. The SMILES string of the molecule is NC(=O)C1(O)COCCN1S(=O)(=O)c1ccc(Oc2ccncc2)cc1. The molecule has 1 fully saturated rings. The molecule has 0 saturated carbocycles. The molecule has 138 valence electrons. The predicted octanol–water partition coefficient (Wildman–Crippen LogP) is 0.0687. The van der Waals surface area contributed by atoms with Gasteiger partial charge in [0, 0.05) is 18.9 Å². The number of benzene rings is 1. The zero-order chi connectivity index (χ0) is 18.8. The van der Waals surface area contributed by atoms with Crippen LogP contribution in [0.3, 0.4) is 0 Å². The van der Waals surface area contributed by atoms with Crippen LogP contribution in [0.25, 0.3) is 0 Å². The van der Waals surface area contributed by atoms with E-state index in [9.17, 15) is 18.3 Å². The summed E-state index contributed by atoms with van der Waals surface area (Å²) in [7, 11) is -4.17. The molecule has 1 saturated heterocycles. The number of rotatable bonds is 5. The Hall–Kier alpha value is -2.53. The number of nitrogens with two attached hydrogens (primary N) is 1. The zero-order valence-electron chi connectivity index (χ0n) is 13.6. The molecule has 0 aliphatic carbocycles. The number of ether oxygens (including phenoxy) is 2. The van der Waals surface area contributed by atoms with Crippen LogP contribution in [0.15, 0.2) is 53.7 Å². The van der Waals surface area contributed by atoms with Gasteiger partial charge < -0.3 is 20.3 Å². The van der Waals surface area contributed by atoms with Crippen molar-refractivity contribution < 1.29 is 27.8 Å². The van der Waals surface area contributed by atoms with Gasteiger partial charge in [0.25, 0.3) is 5.91 Å². The Morgan fingerprint density at radius 1 is 1.19 bits per heavy atom. The second-order valence-corrected chi connectivity index (χ2v) is 7.43. The number of amides is 1. The average Bonchev–Trinajstić information content (AvgIpc) is 2.63. The number of nitrogens with zero attached hydrogens (tertiary/aromatic N) is 2. The molecular weight excluding hydrogens is 362 g/mol. The van der Waals surface area contributed by atoms with Crippen LogP contribution < -0.4 is 10.5 Å². The number of sulfonamides is 1. The largest absolute Gasteiger partial charge is 0.457 e. The highest BCUT2D eigenvalue weighted by Gasteiger charge is 2.50. The van der Waals surface area contributed by atoms with Gasteiger partial charge in [0.05, 0.1) is 18.1 Å². The maximum Gasteiger partial charge on any atom is 0.268 e. The molecule has 26 heavy (non-hydrogen) atoms. The Balaban J connectivity index is 1.86. The fourth-order valence-electron chi connectivity index (χ4n) is 2.48. The third kappa shape index (κ3) is 3.40. The summed E-state index contributed by atoms with van der Waals surface area (Å²) in [4.78, 5) is 15.3. The van der Waals surface area contributed by atoms with Crippen molar-refractivity contribution in [1.29, 1.82) is 0 Å². The highest BCUT2D eigenvalue weighted by atomic mass is 32.2. The second-order valence-electron chi connectivity index (χ2n) is 5.57. The van der Waals surface area contributed by atoms with Gasteiger partial charge in [-0.15, -0.1) is 0 Å². The van der Waals surface area contributed by atoms with Crippen LogP contribution in [0.4, 0.5) is 0 Å². The first-order chi connectivity index (χ1) is 12.3. The molecule has 2 aromatic rings. The number of pyridine rings is 1. The first-order valence-electron chi connectivity index (χ1n) is 7.65. The van der Waals surface area contributed by atoms with E-state index in [-0.39, 0.29) is 18.0 Å². The molecule has 1 aromatic carbocycles. The number of aromatic nitrogens is 1. The average molecular weight is 379 g/mol. The highest BCUT2D eigenvalue weighted by molar-refractivity contribution is 7.89. The van der Waals surface area contributed by atoms with Gasteiger partial charge >= 0.3 is 0 Å². The molecule has 1 atom stereocenters.